The van der Waals surface area contributed by atoms with E-state index in [0.717, 1.165) is 15.8 Å². The number of ketones is 1. The molecule has 3 rings (SSSR count). The van der Waals surface area contributed by atoms with E-state index < -0.39 is 0 Å². The molecule has 0 fully saturated rings. The molecule has 1 aromatic heterocycles. The highest BCUT2D eigenvalue weighted by Gasteiger charge is 2.10. The van der Waals surface area contributed by atoms with E-state index in [4.69, 9.17) is 4.74 Å². The number of hydrogen-bond acceptors (Lipinski definition) is 5. The Hall–Kier alpha value is -2.12. The lowest BCUT2D eigenvalue weighted by molar-refractivity contribution is 0.102. The number of aromatic amines is 1. The average Bonchev–Trinajstić information content (AvgIpc) is 3.06. The van der Waals surface area contributed by atoms with Crippen LogP contribution in [0.1, 0.15) is 21.7 Å². The summed E-state index contributed by atoms with van der Waals surface area (Å²) in [4.78, 5) is 16.5. The Kier molecular flexibility index (Phi) is 5.88. The third-order valence-electron chi connectivity index (χ3n) is 3.37. The highest BCUT2D eigenvalue weighted by atomic mass is 79.9. The van der Waals surface area contributed by atoms with E-state index in [-0.39, 0.29) is 11.5 Å². The number of carbonyl (C=O) groups is 1. The monoisotopic (exact) mass is 417 g/mol. The number of aryl methyl sites for hydroxylation is 1. The minimum Gasteiger partial charge on any atom is -0.486 e. The third kappa shape index (κ3) is 5.17. The Morgan fingerprint density at radius 3 is 2.80 bits per heavy atom. The molecule has 128 valence electrons. The summed E-state index contributed by atoms with van der Waals surface area (Å²) in [5.74, 6) is 1.74. The molecule has 1 heterocycles. The van der Waals surface area contributed by atoms with E-state index in [1.54, 1.807) is 12.1 Å². The zero-order chi connectivity index (χ0) is 17.6. The third-order valence-corrected chi connectivity index (χ3v) is 4.75. The molecule has 0 saturated heterocycles. The van der Waals surface area contributed by atoms with Crippen LogP contribution in [0.15, 0.2) is 58.2 Å². The second kappa shape index (κ2) is 8.31. The molecule has 0 aliphatic carbocycles. The van der Waals surface area contributed by atoms with Gasteiger partial charge in [0, 0.05) is 10.0 Å². The first kappa shape index (κ1) is 17.7. The topological polar surface area (TPSA) is 67.9 Å². The number of ether oxygens (including phenoxy) is 1. The van der Waals surface area contributed by atoms with Gasteiger partial charge >= 0.3 is 0 Å². The number of carbonyl (C=O) groups excluding carboxylic acids is 1. The maximum atomic E-state index is 12.2. The Labute approximate surface area is 158 Å². The summed E-state index contributed by atoms with van der Waals surface area (Å²) in [7, 11) is 0. The predicted octanol–water partition coefficient (Wildman–Crippen LogP) is 4.43. The largest absolute Gasteiger partial charge is 0.486 e. The van der Waals surface area contributed by atoms with Gasteiger partial charge in [-0.2, -0.15) is 0 Å². The number of Topliss-reactive ketones (excluding diaryl/α,β-unsaturated/α-hetero) is 1. The van der Waals surface area contributed by atoms with E-state index >= 15 is 0 Å². The zero-order valence-corrected chi connectivity index (χ0v) is 15.9. The molecule has 0 saturated carbocycles. The number of nitrogens with one attached hydrogen (secondary N) is 1. The van der Waals surface area contributed by atoms with Gasteiger partial charge in [0.2, 0.25) is 5.16 Å². The molecule has 25 heavy (non-hydrogen) atoms. The van der Waals surface area contributed by atoms with Crippen molar-refractivity contribution in [3.63, 3.8) is 0 Å². The first-order chi connectivity index (χ1) is 12.1. The second-order valence-corrected chi connectivity index (χ2v) is 7.25. The zero-order valence-electron chi connectivity index (χ0n) is 13.5. The van der Waals surface area contributed by atoms with Crippen molar-refractivity contribution >= 4 is 33.5 Å². The van der Waals surface area contributed by atoms with Crippen LogP contribution < -0.4 is 4.74 Å². The number of rotatable bonds is 7. The average molecular weight is 418 g/mol. The van der Waals surface area contributed by atoms with Crippen LogP contribution in [-0.2, 0) is 6.61 Å². The van der Waals surface area contributed by atoms with Crippen LogP contribution in [-0.4, -0.2) is 26.7 Å². The number of aromatic nitrogens is 3. The Balaban J connectivity index is 1.51. The number of hydrogen-bond donors (Lipinski definition) is 1. The summed E-state index contributed by atoms with van der Waals surface area (Å²) in [6.07, 6.45) is 0. The van der Waals surface area contributed by atoms with Crippen molar-refractivity contribution in [3.05, 3.63) is 70.0 Å². The molecule has 2 aromatic carbocycles. The molecule has 0 aliphatic heterocycles. The number of benzene rings is 2. The molecule has 5 nitrogen and oxygen atoms in total. The molecule has 0 bridgehead atoms. The molecule has 0 spiro atoms. The van der Waals surface area contributed by atoms with Crippen LogP contribution >= 0.6 is 27.7 Å². The van der Waals surface area contributed by atoms with Gasteiger partial charge in [0.15, 0.2) is 11.6 Å². The minimum absolute atomic E-state index is 0.0415. The second-order valence-electron chi connectivity index (χ2n) is 5.39. The molecule has 0 atom stereocenters. The van der Waals surface area contributed by atoms with E-state index in [0.29, 0.717) is 23.2 Å². The van der Waals surface area contributed by atoms with Crippen LogP contribution in [0.2, 0.25) is 0 Å². The fourth-order valence-electron chi connectivity index (χ4n) is 2.11. The normalized spacial score (nSPS) is 10.6. The van der Waals surface area contributed by atoms with Crippen LogP contribution in [0, 0.1) is 6.92 Å². The molecule has 0 aliphatic rings. The molecule has 1 N–H and O–H groups in total. The van der Waals surface area contributed by atoms with Crippen LogP contribution in [0.25, 0.3) is 0 Å². The van der Waals surface area contributed by atoms with Crippen molar-refractivity contribution in [2.75, 3.05) is 5.75 Å². The van der Waals surface area contributed by atoms with Crippen molar-refractivity contribution in [3.8, 4) is 5.75 Å². The standard InChI is InChI=1S/C18H16BrN3O2S/c1-12-3-2-4-15(9-12)24-10-17-20-18(22-21-17)25-11-16(23)13-5-7-14(19)8-6-13/h2-9H,10-11H2,1H3,(H,20,21,22). The SMILES string of the molecule is Cc1cccc(OCc2nc(SCC(=O)c3ccc(Br)cc3)n[nH]2)c1. The summed E-state index contributed by atoms with van der Waals surface area (Å²) >= 11 is 4.66. The summed E-state index contributed by atoms with van der Waals surface area (Å²) in [5, 5.41) is 7.49. The molecule has 3 aromatic rings. The maximum absolute atomic E-state index is 12.2. The first-order valence-electron chi connectivity index (χ1n) is 7.62. The summed E-state index contributed by atoms with van der Waals surface area (Å²) in [5.41, 5.74) is 1.81. The highest BCUT2D eigenvalue weighted by molar-refractivity contribution is 9.10. The van der Waals surface area contributed by atoms with E-state index in [2.05, 4.69) is 31.1 Å². The smallest absolute Gasteiger partial charge is 0.208 e. The van der Waals surface area contributed by atoms with Gasteiger partial charge in [-0.15, -0.1) is 5.10 Å². The predicted molar refractivity (Wildman–Crippen MR) is 101 cm³/mol. The van der Waals surface area contributed by atoms with Crippen LogP contribution in [0.5, 0.6) is 5.75 Å². The van der Waals surface area contributed by atoms with Gasteiger partial charge in [0.1, 0.15) is 12.4 Å². The van der Waals surface area contributed by atoms with Gasteiger partial charge in [-0.1, -0.05) is 52.0 Å². The van der Waals surface area contributed by atoms with Gasteiger partial charge in [0.25, 0.3) is 0 Å². The van der Waals surface area contributed by atoms with Gasteiger partial charge in [-0.3, -0.25) is 9.89 Å². The maximum Gasteiger partial charge on any atom is 0.208 e. The highest BCUT2D eigenvalue weighted by Crippen LogP contribution is 2.18. The lowest BCUT2D eigenvalue weighted by Gasteiger charge is -2.04. The Morgan fingerprint density at radius 1 is 1.24 bits per heavy atom. The van der Waals surface area contributed by atoms with E-state index in [1.165, 1.54) is 11.8 Å². The van der Waals surface area contributed by atoms with Crippen molar-refractivity contribution in [1.29, 1.82) is 0 Å². The molecular weight excluding hydrogens is 402 g/mol. The van der Waals surface area contributed by atoms with Gasteiger partial charge < -0.3 is 4.74 Å². The van der Waals surface area contributed by atoms with Crippen molar-refractivity contribution < 1.29 is 9.53 Å². The quantitative estimate of drug-likeness (QED) is 0.454. The molecule has 0 radical (unpaired) electrons. The van der Waals surface area contributed by atoms with E-state index in [9.17, 15) is 4.79 Å². The minimum atomic E-state index is 0.0415. The number of thioether (sulfide) groups is 1. The number of nitrogens with zero attached hydrogens (tertiary/aromatic N) is 2. The summed E-state index contributed by atoms with van der Waals surface area (Å²) < 4.78 is 6.63. The molecule has 0 amide bonds. The van der Waals surface area contributed by atoms with Crippen molar-refractivity contribution in [2.24, 2.45) is 0 Å². The first-order valence-corrected chi connectivity index (χ1v) is 9.40. The lowest BCUT2D eigenvalue weighted by Crippen LogP contribution is -2.02. The van der Waals surface area contributed by atoms with Crippen LogP contribution in [0.4, 0.5) is 0 Å². The molecular formula is C18H16BrN3O2S. The fourth-order valence-corrected chi connectivity index (χ4v) is 3.09. The Bertz CT molecular complexity index is 865. The van der Waals surface area contributed by atoms with Crippen molar-refractivity contribution in [2.45, 2.75) is 18.7 Å². The van der Waals surface area contributed by atoms with Gasteiger partial charge in [-0.25, -0.2) is 4.98 Å². The van der Waals surface area contributed by atoms with Crippen LogP contribution in [0.3, 0.4) is 0 Å². The fraction of sp³-hybridized carbons (Fsp3) is 0.167. The number of halogens is 1. The summed E-state index contributed by atoms with van der Waals surface area (Å²) in [6, 6.07) is 15.1. The number of H-pyrrole nitrogens is 1. The molecule has 0 unspecified atom stereocenters. The molecule has 7 heteroatoms. The summed E-state index contributed by atoms with van der Waals surface area (Å²) in [6.45, 7) is 2.32. The lowest BCUT2D eigenvalue weighted by atomic mass is 10.2. The van der Waals surface area contributed by atoms with Crippen molar-refractivity contribution in [1.82, 2.24) is 15.2 Å². The Morgan fingerprint density at radius 2 is 2.04 bits per heavy atom. The van der Waals surface area contributed by atoms with Gasteiger partial charge in [-0.05, 0) is 36.8 Å². The van der Waals surface area contributed by atoms with Gasteiger partial charge in [0.05, 0.1) is 5.75 Å². The van der Waals surface area contributed by atoms with E-state index in [1.807, 2.05) is 43.3 Å².